The summed E-state index contributed by atoms with van der Waals surface area (Å²) in [5.41, 5.74) is 0. The summed E-state index contributed by atoms with van der Waals surface area (Å²) < 4.78 is 0. The molecule has 0 spiro atoms. The van der Waals surface area contributed by atoms with Crippen molar-refractivity contribution in [2.45, 2.75) is 58.3 Å². The van der Waals surface area contributed by atoms with Crippen LogP contribution in [0.4, 0.5) is 0 Å². The van der Waals surface area contributed by atoms with E-state index in [4.69, 9.17) is 30.6 Å². The van der Waals surface area contributed by atoms with E-state index >= 15 is 0 Å². The van der Waals surface area contributed by atoms with Gasteiger partial charge in [0.15, 0.2) is 0 Å². The molecule has 4 unspecified atom stereocenters. The van der Waals surface area contributed by atoms with Gasteiger partial charge >= 0.3 is 17.9 Å². The van der Waals surface area contributed by atoms with Gasteiger partial charge in [-0.15, -0.1) is 0 Å². The van der Waals surface area contributed by atoms with Crippen LogP contribution in [0.5, 0.6) is 0 Å². The van der Waals surface area contributed by atoms with Crippen molar-refractivity contribution in [1.82, 2.24) is 0 Å². The van der Waals surface area contributed by atoms with E-state index < -0.39 is 36.2 Å². The molecule has 0 aromatic carbocycles. The fraction of sp³-hybridized carbons (Fsp3) is 0.750. The highest BCUT2D eigenvalue weighted by molar-refractivity contribution is 6.92. The Kier molecular flexibility index (Phi) is 23.3. The molecule has 6 N–H and O–H groups in total. The van der Waals surface area contributed by atoms with Gasteiger partial charge < -0.3 is 30.6 Å². The standard InChI is InChI=1S/3C4H8O3.H3P/c3*1-3(5)2-4(6)7;/h3*3,5H,2H2,1H3,(H,6,7);1H3. The van der Waals surface area contributed by atoms with Gasteiger partial charge in [-0.1, -0.05) is 0 Å². The lowest BCUT2D eigenvalue weighted by atomic mass is 10.3. The molecule has 0 fully saturated rings. The van der Waals surface area contributed by atoms with E-state index in [9.17, 15) is 14.4 Å². The zero-order valence-electron chi connectivity index (χ0n) is 13.0. The average molecular weight is 346 g/mol. The van der Waals surface area contributed by atoms with Crippen molar-refractivity contribution in [3.8, 4) is 0 Å². The number of carboxylic acids is 3. The lowest BCUT2D eigenvalue weighted by Crippen LogP contribution is -2.07. The Hall–Kier alpha value is -1.28. The topological polar surface area (TPSA) is 173 Å². The van der Waals surface area contributed by atoms with Gasteiger partial charge in [0.1, 0.15) is 0 Å². The first-order valence-corrected chi connectivity index (χ1v) is 6.08. The van der Waals surface area contributed by atoms with Crippen LogP contribution in [0.25, 0.3) is 0 Å². The molecule has 0 aliphatic carbocycles. The van der Waals surface area contributed by atoms with E-state index in [1.807, 2.05) is 0 Å². The predicted molar refractivity (Wildman–Crippen MR) is 82.9 cm³/mol. The fourth-order valence-electron chi connectivity index (χ4n) is 0.758. The number of carboxylic acid groups (broad SMARTS) is 3. The largest absolute Gasteiger partial charge is 0.481 e. The summed E-state index contributed by atoms with van der Waals surface area (Å²) in [5.74, 6) is -2.89. The minimum Gasteiger partial charge on any atom is -0.481 e. The van der Waals surface area contributed by atoms with Crippen LogP contribution < -0.4 is 0 Å². The normalized spacial score (nSPS) is 12.8. The van der Waals surface area contributed by atoms with Crippen LogP contribution in [0, 0.1) is 0 Å². The highest BCUT2D eigenvalue weighted by Gasteiger charge is 2.01. The second kappa shape index (κ2) is 17.8. The van der Waals surface area contributed by atoms with E-state index in [2.05, 4.69) is 0 Å². The molecule has 0 aromatic rings. The number of hydrogen-bond acceptors (Lipinski definition) is 6. The number of rotatable bonds is 6. The quantitative estimate of drug-likeness (QED) is 0.349. The lowest BCUT2D eigenvalue weighted by Gasteiger charge is -1.94. The maximum absolute atomic E-state index is 9.65. The van der Waals surface area contributed by atoms with Crippen molar-refractivity contribution in [2.75, 3.05) is 0 Å². The third kappa shape index (κ3) is 51.1. The molecule has 0 saturated heterocycles. The lowest BCUT2D eigenvalue weighted by molar-refractivity contribution is -0.140. The number of aliphatic carboxylic acids is 3. The third-order valence-corrected chi connectivity index (χ3v) is 1.41. The Morgan fingerprint density at radius 1 is 0.636 bits per heavy atom. The van der Waals surface area contributed by atoms with E-state index in [-0.39, 0.29) is 29.2 Å². The van der Waals surface area contributed by atoms with Gasteiger partial charge in [0, 0.05) is 0 Å². The smallest absolute Gasteiger partial charge is 0.305 e. The molecule has 134 valence electrons. The molecule has 0 aromatic heterocycles. The second-order valence-corrected chi connectivity index (χ2v) is 4.34. The first-order valence-electron chi connectivity index (χ1n) is 6.08. The highest BCUT2D eigenvalue weighted by atomic mass is 31.0. The van der Waals surface area contributed by atoms with Crippen LogP contribution in [0.2, 0.25) is 0 Å². The fourth-order valence-corrected chi connectivity index (χ4v) is 0.758. The van der Waals surface area contributed by atoms with Gasteiger partial charge in [-0.05, 0) is 20.8 Å². The number of aliphatic hydroxyl groups is 3. The Labute approximate surface area is 132 Å². The molecule has 0 aliphatic rings. The van der Waals surface area contributed by atoms with Crippen LogP contribution in [0.1, 0.15) is 40.0 Å². The summed E-state index contributed by atoms with van der Waals surface area (Å²) in [6.07, 6.45) is -2.67. The minimum atomic E-state index is -0.963. The molecule has 0 aliphatic heterocycles. The highest BCUT2D eigenvalue weighted by Crippen LogP contribution is 1.86. The third-order valence-electron chi connectivity index (χ3n) is 1.41. The van der Waals surface area contributed by atoms with E-state index in [0.717, 1.165) is 0 Å². The first kappa shape index (κ1) is 28.8. The van der Waals surface area contributed by atoms with Crippen molar-refractivity contribution >= 4 is 27.8 Å². The second-order valence-electron chi connectivity index (χ2n) is 4.34. The molecule has 4 atom stereocenters. The number of carbonyl (C=O) groups is 3. The summed E-state index contributed by atoms with van der Waals surface area (Å²) in [6, 6.07) is 0. The summed E-state index contributed by atoms with van der Waals surface area (Å²) in [6.45, 7) is 4.32. The maximum atomic E-state index is 9.65. The van der Waals surface area contributed by atoms with Gasteiger partial charge in [-0.25, -0.2) is 0 Å². The molecule has 0 heterocycles. The van der Waals surface area contributed by atoms with Crippen molar-refractivity contribution in [2.24, 2.45) is 0 Å². The SMILES string of the molecule is CC(O)CC(=O)O.CC(O)CC(=O)O.CC(O)CC(=O)O.P. The van der Waals surface area contributed by atoms with Gasteiger partial charge in [0.25, 0.3) is 0 Å². The summed E-state index contributed by atoms with van der Waals surface area (Å²) in [4.78, 5) is 28.9. The Bertz CT molecular complexity index is 255. The molecule has 0 bridgehead atoms. The maximum Gasteiger partial charge on any atom is 0.305 e. The average Bonchev–Trinajstić information content (AvgIpc) is 2.10. The van der Waals surface area contributed by atoms with Crippen molar-refractivity contribution < 1.29 is 45.0 Å². The zero-order valence-corrected chi connectivity index (χ0v) is 14.4. The van der Waals surface area contributed by atoms with Crippen molar-refractivity contribution in [3.05, 3.63) is 0 Å². The van der Waals surface area contributed by atoms with Crippen LogP contribution in [0.3, 0.4) is 0 Å². The Balaban J connectivity index is -0.000000108. The van der Waals surface area contributed by atoms with Gasteiger partial charge in [0.2, 0.25) is 0 Å². The molecule has 0 radical (unpaired) electrons. The minimum absolute atomic E-state index is 0. The van der Waals surface area contributed by atoms with Gasteiger partial charge in [-0.2, -0.15) is 9.90 Å². The molecular formula is C12H27O9P. The predicted octanol–water partition coefficient (Wildman–Crippen LogP) is -0.416. The molecule has 10 heteroatoms. The molecule has 22 heavy (non-hydrogen) atoms. The van der Waals surface area contributed by atoms with Gasteiger partial charge in [-0.3, -0.25) is 14.4 Å². The molecular weight excluding hydrogens is 319 g/mol. The van der Waals surface area contributed by atoms with E-state index in [0.29, 0.717) is 0 Å². The monoisotopic (exact) mass is 346 g/mol. The number of hydrogen-bond donors (Lipinski definition) is 6. The molecule has 0 amide bonds. The summed E-state index contributed by atoms with van der Waals surface area (Å²) in [7, 11) is 0. The molecule has 9 nitrogen and oxygen atoms in total. The van der Waals surface area contributed by atoms with Gasteiger partial charge in [0.05, 0.1) is 37.6 Å². The van der Waals surface area contributed by atoms with Crippen LogP contribution in [-0.4, -0.2) is 66.9 Å². The van der Waals surface area contributed by atoms with Crippen LogP contribution >= 0.6 is 9.90 Å². The Morgan fingerprint density at radius 3 is 0.773 bits per heavy atom. The molecule has 0 saturated carbocycles. The number of aliphatic hydroxyl groups excluding tert-OH is 3. The Morgan fingerprint density at radius 2 is 0.773 bits per heavy atom. The van der Waals surface area contributed by atoms with Crippen LogP contribution in [-0.2, 0) is 14.4 Å². The zero-order chi connectivity index (χ0) is 17.6. The van der Waals surface area contributed by atoms with E-state index in [1.54, 1.807) is 0 Å². The summed E-state index contributed by atoms with van der Waals surface area (Å²) in [5, 5.41) is 48.8. The van der Waals surface area contributed by atoms with Crippen molar-refractivity contribution in [1.29, 1.82) is 0 Å². The van der Waals surface area contributed by atoms with E-state index in [1.165, 1.54) is 20.8 Å². The van der Waals surface area contributed by atoms with Crippen LogP contribution in [0.15, 0.2) is 0 Å². The molecule has 0 rings (SSSR count). The summed E-state index contributed by atoms with van der Waals surface area (Å²) >= 11 is 0. The first-order chi connectivity index (χ1) is 9.38. The van der Waals surface area contributed by atoms with Crippen molar-refractivity contribution in [3.63, 3.8) is 0 Å².